The van der Waals surface area contributed by atoms with Crippen LogP contribution in [0.1, 0.15) is 109 Å². The Balaban J connectivity index is 1.43. The van der Waals surface area contributed by atoms with Crippen molar-refractivity contribution in [2.24, 2.45) is 11.8 Å². The van der Waals surface area contributed by atoms with Crippen molar-refractivity contribution in [1.82, 2.24) is 0 Å². The Labute approximate surface area is 198 Å². The summed E-state index contributed by atoms with van der Waals surface area (Å²) < 4.78 is 5.94. The van der Waals surface area contributed by atoms with Gasteiger partial charge in [-0.15, -0.1) is 0 Å². The second-order valence-corrected chi connectivity index (χ2v) is 10.2. The van der Waals surface area contributed by atoms with Crippen LogP contribution in [0, 0.1) is 11.8 Å². The molecule has 0 saturated heterocycles. The van der Waals surface area contributed by atoms with Crippen LogP contribution in [-0.4, -0.2) is 6.61 Å². The average molecular weight is 435 g/mol. The maximum absolute atomic E-state index is 5.94. The normalized spacial score (nSPS) is 19.6. The molecule has 0 radical (unpaired) electrons. The first kappa shape index (κ1) is 24.9. The van der Waals surface area contributed by atoms with Gasteiger partial charge in [-0.2, -0.15) is 0 Å². The van der Waals surface area contributed by atoms with Crippen molar-refractivity contribution in [3.63, 3.8) is 0 Å². The quantitative estimate of drug-likeness (QED) is 0.285. The first-order valence-corrected chi connectivity index (χ1v) is 13.5. The fourth-order valence-electron chi connectivity index (χ4n) is 5.23. The van der Waals surface area contributed by atoms with Gasteiger partial charge in [0.25, 0.3) is 0 Å². The Kier molecular flexibility index (Phi) is 10.7. The summed E-state index contributed by atoms with van der Waals surface area (Å²) in [4.78, 5) is 0. The highest BCUT2D eigenvalue weighted by Gasteiger charge is 2.23. The van der Waals surface area contributed by atoms with Gasteiger partial charge < -0.3 is 4.74 Å². The SMILES string of the molecule is CCCCCCCCOc1ccc(-c2ccc(C3CCC(CC(C)CC)CC3)cc2)cc1. The van der Waals surface area contributed by atoms with E-state index in [0.29, 0.717) is 0 Å². The van der Waals surface area contributed by atoms with Crippen LogP contribution in [0.3, 0.4) is 0 Å². The first-order valence-electron chi connectivity index (χ1n) is 13.5. The monoisotopic (exact) mass is 434 g/mol. The topological polar surface area (TPSA) is 9.23 Å². The van der Waals surface area contributed by atoms with E-state index in [-0.39, 0.29) is 0 Å². The highest BCUT2D eigenvalue weighted by atomic mass is 16.5. The minimum absolute atomic E-state index is 0.759. The zero-order valence-electron chi connectivity index (χ0n) is 21.0. The molecule has 0 amide bonds. The van der Waals surface area contributed by atoms with Crippen molar-refractivity contribution in [3.8, 4) is 16.9 Å². The molecule has 1 heteroatoms. The Morgan fingerprint density at radius 3 is 1.97 bits per heavy atom. The second kappa shape index (κ2) is 13.7. The van der Waals surface area contributed by atoms with E-state index in [9.17, 15) is 0 Å². The highest BCUT2D eigenvalue weighted by molar-refractivity contribution is 5.64. The Morgan fingerprint density at radius 2 is 1.34 bits per heavy atom. The molecule has 32 heavy (non-hydrogen) atoms. The van der Waals surface area contributed by atoms with Crippen LogP contribution >= 0.6 is 0 Å². The predicted octanol–water partition coefficient (Wildman–Crippen LogP) is 9.80. The molecule has 0 aromatic heterocycles. The van der Waals surface area contributed by atoms with Crippen LogP contribution in [0.5, 0.6) is 5.75 Å². The van der Waals surface area contributed by atoms with Crippen LogP contribution in [0.2, 0.25) is 0 Å². The molecule has 0 bridgehead atoms. The van der Waals surface area contributed by atoms with Gasteiger partial charge in [-0.1, -0.05) is 95.7 Å². The molecule has 1 unspecified atom stereocenters. The summed E-state index contributed by atoms with van der Waals surface area (Å²) in [7, 11) is 0. The fraction of sp³-hybridized carbons (Fsp3) is 0.613. The van der Waals surface area contributed by atoms with E-state index in [1.807, 2.05) is 0 Å². The van der Waals surface area contributed by atoms with Crippen LogP contribution in [0.25, 0.3) is 11.1 Å². The first-order chi connectivity index (χ1) is 15.7. The smallest absolute Gasteiger partial charge is 0.119 e. The van der Waals surface area contributed by atoms with Gasteiger partial charge >= 0.3 is 0 Å². The summed E-state index contributed by atoms with van der Waals surface area (Å²) in [6.07, 6.45) is 16.1. The van der Waals surface area contributed by atoms with Crippen LogP contribution in [0.4, 0.5) is 0 Å². The molecule has 1 saturated carbocycles. The summed E-state index contributed by atoms with van der Waals surface area (Å²) >= 11 is 0. The number of benzene rings is 2. The van der Waals surface area contributed by atoms with Gasteiger partial charge in [0.2, 0.25) is 0 Å². The van der Waals surface area contributed by atoms with Crippen LogP contribution < -0.4 is 4.74 Å². The minimum atomic E-state index is 0.759. The van der Waals surface area contributed by atoms with Crippen molar-refractivity contribution in [1.29, 1.82) is 0 Å². The molecule has 0 heterocycles. The molecule has 176 valence electrons. The lowest BCUT2D eigenvalue weighted by molar-refractivity contribution is 0.273. The third-order valence-corrected chi connectivity index (χ3v) is 7.62. The maximum Gasteiger partial charge on any atom is 0.119 e. The number of hydrogen-bond donors (Lipinski definition) is 0. The van der Waals surface area contributed by atoms with Crippen LogP contribution in [-0.2, 0) is 0 Å². The lowest BCUT2D eigenvalue weighted by Crippen LogP contribution is -2.15. The Hall–Kier alpha value is -1.76. The van der Waals surface area contributed by atoms with E-state index in [2.05, 4.69) is 69.3 Å². The van der Waals surface area contributed by atoms with Gasteiger partial charge in [0.15, 0.2) is 0 Å². The lowest BCUT2D eigenvalue weighted by Gasteiger charge is -2.30. The molecule has 0 spiro atoms. The third kappa shape index (κ3) is 7.98. The van der Waals surface area contributed by atoms with Crippen molar-refractivity contribution in [2.75, 3.05) is 6.61 Å². The molecule has 1 nitrogen and oxygen atoms in total. The number of unbranched alkanes of at least 4 members (excludes halogenated alkanes) is 5. The Morgan fingerprint density at radius 1 is 0.750 bits per heavy atom. The van der Waals surface area contributed by atoms with Gasteiger partial charge in [0, 0.05) is 0 Å². The van der Waals surface area contributed by atoms with E-state index in [0.717, 1.165) is 36.5 Å². The van der Waals surface area contributed by atoms with Gasteiger partial charge in [0.05, 0.1) is 6.61 Å². The molecular formula is C31H46O. The van der Waals surface area contributed by atoms with Gasteiger partial charge in [-0.3, -0.25) is 0 Å². The summed E-state index contributed by atoms with van der Waals surface area (Å²) in [6.45, 7) is 7.84. The molecule has 0 aliphatic heterocycles. The number of rotatable bonds is 13. The van der Waals surface area contributed by atoms with E-state index >= 15 is 0 Å². The number of hydrogen-bond acceptors (Lipinski definition) is 1. The standard InChI is InChI=1S/C31H46O/c1-4-6-7-8-9-10-23-32-31-21-19-30(20-22-31)29-17-15-28(16-18-29)27-13-11-26(12-14-27)24-25(3)5-2/h15-22,25-27H,4-14,23-24H2,1-3H3. The Bertz CT molecular complexity index is 737. The van der Waals surface area contributed by atoms with Crippen molar-refractivity contribution in [3.05, 3.63) is 54.1 Å². The molecular weight excluding hydrogens is 388 g/mol. The zero-order chi connectivity index (χ0) is 22.6. The summed E-state index contributed by atoms with van der Waals surface area (Å²) in [6, 6.07) is 18.0. The summed E-state index contributed by atoms with van der Waals surface area (Å²) in [5.41, 5.74) is 4.12. The van der Waals surface area contributed by atoms with E-state index in [1.54, 1.807) is 0 Å². The molecule has 1 aliphatic rings. The minimum Gasteiger partial charge on any atom is -0.494 e. The average Bonchev–Trinajstić information content (AvgIpc) is 2.84. The zero-order valence-corrected chi connectivity index (χ0v) is 21.0. The summed E-state index contributed by atoms with van der Waals surface area (Å²) in [5, 5.41) is 0. The van der Waals surface area contributed by atoms with E-state index in [1.165, 1.54) is 87.3 Å². The largest absolute Gasteiger partial charge is 0.494 e. The highest BCUT2D eigenvalue weighted by Crippen LogP contribution is 2.39. The maximum atomic E-state index is 5.94. The third-order valence-electron chi connectivity index (χ3n) is 7.62. The van der Waals surface area contributed by atoms with E-state index < -0.39 is 0 Å². The van der Waals surface area contributed by atoms with E-state index in [4.69, 9.17) is 4.74 Å². The molecule has 1 fully saturated rings. The van der Waals surface area contributed by atoms with Gasteiger partial charge in [0.1, 0.15) is 5.75 Å². The van der Waals surface area contributed by atoms with Crippen molar-refractivity contribution >= 4 is 0 Å². The van der Waals surface area contributed by atoms with Crippen molar-refractivity contribution in [2.45, 2.75) is 104 Å². The molecule has 3 rings (SSSR count). The lowest BCUT2D eigenvalue weighted by atomic mass is 9.75. The second-order valence-electron chi connectivity index (χ2n) is 10.2. The van der Waals surface area contributed by atoms with Gasteiger partial charge in [-0.25, -0.2) is 0 Å². The molecule has 1 aliphatic carbocycles. The molecule has 1 atom stereocenters. The number of ether oxygens (including phenoxy) is 1. The fourth-order valence-corrected chi connectivity index (χ4v) is 5.23. The molecule has 0 N–H and O–H groups in total. The molecule has 2 aromatic carbocycles. The molecule has 2 aromatic rings. The summed E-state index contributed by atoms with van der Waals surface area (Å²) in [5.74, 6) is 3.61. The van der Waals surface area contributed by atoms with Gasteiger partial charge in [-0.05, 0) is 85.1 Å². The van der Waals surface area contributed by atoms with Crippen molar-refractivity contribution < 1.29 is 4.74 Å². The predicted molar refractivity (Wildman–Crippen MR) is 140 cm³/mol. The van der Waals surface area contributed by atoms with Crippen LogP contribution in [0.15, 0.2) is 48.5 Å².